The van der Waals surface area contributed by atoms with Crippen molar-refractivity contribution in [3.05, 3.63) is 71.3 Å². The Morgan fingerprint density at radius 2 is 1.73 bits per heavy atom. The fourth-order valence-corrected chi connectivity index (χ4v) is 1.62. The third-order valence-corrected chi connectivity index (χ3v) is 2.70. The van der Waals surface area contributed by atoms with Crippen LogP contribution in [0.4, 0.5) is 0 Å². The summed E-state index contributed by atoms with van der Waals surface area (Å²) in [6, 6.07) is 14.5. The second-order valence-electron chi connectivity index (χ2n) is 4.57. The molecule has 1 amide bonds. The highest BCUT2D eigenvalue weighted by molar-refractivity contribution is 5.93. The maximum Gasteiger partial charge on any atom is 0.332 e. The quantitative estimate of drug-likeness (QED) is 0.814. The van der Waals surface area contributed by atoms with Gasteiger partial charge in [0, 0.05) is 12.5 Å². The zero-order valence-corrected chi connectivity index (χ0v) is 12.3. The highest BCUT2D eigenvalue weighted by atomic mass is 17.0. The van der Waals surface area contributed by atoms with Gasteiger partial charge in [0.05, 0.1) is 2.74 Å². The molecule has 0 radical (unpaired) electrons. The summed E-state index contributed by atoms with van der Waals surface area (Å²) in [6.07, 6.45) is 0. The Hall–Kier alpha value is -2.66. The summed E-state index contributed by atoms with van der Waals surface area (Å²) >= 11 is 0. The predicted molar refractivity (Wildman–Crippen MR) is 80.3 cm³/mol. The van der Waals surface area contributed by atoms with Crippen molar-refractivity contribution in [2.45, 2.75) is 20.4 Å². The number of aryl methyl sites for hydroxylation is 1. The van der Waals surface area contributed by atoms with Gasteiger partial charge in [-0.2, -0.15) is 0 Å². The summed E-state index contributed by atoms with van der Waals surface area (Å²) in [7, 11) is 0. The Morgan fingerprint density at radius 1 is 1.09 bits per heavy atom. The number of amides is 1. The molecule has 2 aromatic carbocycles. The summed E-state index contributed by atoms with van der Waals surface area (Å²) < 4.78 is 16.1. The zero-order chi connectivity index (χ0) is 17.7. The Balaban J connectivity index is 2.26. The second kappa shape index (κ2) is 7.38. The minimum atomic E-state index is -2.37. The third kappa shape index (κ3) is 4.43. The number of hydrogen-bond acceptors (Lipinski definition) is 4. The number of hydroxylamine groups is 2. The molecule has 0 unspecified atom stereocenters. The highest BCUT2D eigenvalue weighted by Gasteiger charge is 2.20. The minimum Gasteiger partial charge on any atom is -0.312 e. The maximum atomic E-state index is 12.4. The molecule has 0 aliphatic heterocycles. The molecule has 0 bridgehead atoms. The molecule has 0 N–H and O–H groups in total. The van der Waals surface area contributed by atoms with Crippen LogP contribution in [0, 0.1) is 6.92 Å². The van der Waals surface area contributed by atoms with Crippen molar-refractivity contribution in [1.82, 2.24) is 5.23 Å². The Labute approximate surface area is 131 Å². The molecule has 0 aliphatic carbocycles. The SMILES string of the molecule is [2H]C([2H])(ON(OC(C)=O)C(=O)c1ccccc1)c1ccc(C)cc1. The van der Waals surface area contributed by atoms with Gasteiger partial charge in [-0.05, 0) is 29.8 Å². The van der Waals surface area contributed by atoms with E-state index in [1.54, 1.807) is 30.3 Å². The molecule has 0 heterocycles. The fraction of sp³-hybridized carbons (Fsp3) is 0.176. The molecule has 2 aromatic rings. The number of rotatable bonds is 4. The van der Waals surface area contributed by atoms with Crippen LogP contribution in [0.15, 0.2) is 54.6 Å². The van der Waals surface area contributed by atoms with Gasteiger partial charge >= 0.3 is 11.9 Å². The minimum absolute atomic E-state index is 0.186. The second-order valence-corrected chi connectivity index (χ2v) is 4.57. The van der Waals surface area contributed by atoms with Crippen LogP contribution in [-0.2, 0) is 21.0 Å². The molecule has 5 heteroatoms. The molecule has 0 saturated heterocycles. The number of benzene rings is 2. The number of hydrogen-bond donors (Lipinski definition) is 0. The zero-order valence-electron chi connectivity index (χ0n) is 14.3. The number of carbonyl (C=O) groups excluding carboxylic acids is 2. The summed E-state index contributed by atoms with van der Waals surface area (Å²) in [6.45, 7) is 0.591. The lowest BCUT2D eigenvalue weighted by Gasteiger charge is -2.19. The molecule has 0 aliphatic rings. The van der Waals surface area contributed by atoms with Crippen LogP contribution < -0.4 is 0 Å². The fourth-order valence-electron chi connectivity index (χ4n) is 1.62. The van der Waals surface area contributed by atoms with Gasteiger partial charge in [0.15, 0.2) is 0 Å². The molecule has 0 aromatic heterocycles. The predicted octanol–water partition coefficient (Wildman–Crippen LogP) is 3.05. The van der Waals surface area contributed by atoms with Gasteiger partial charge in [0.25, 0.3) is 0 Å². The van der Waals surface area contributed by atoms with Crippen LogP contribution >= 0.6 is 0 Å². The highest BCUT2D eigenvalue weighted by Crippen LogP contribution is 2.10. The molecular weight excluding hydrogens is 282 g/mol. The molecule has 0 atom stereocenters. The Morgan fingerprint density at radius 3 is 2.32 bits per heavy atom. The van der Waals surface area contributed by atoms with Crippen molar-refractivity contribution >= 4 is 11.9 Å². The van der Waals surface area contributed by atoms with Crippen LogP contribution in [0.25, 0.3) is 0 Å². The smallest absolute Gasteiger partial charge is 0.312 e. The van der Waals surface area contributed by atoms with E-state index < -0.39 is 18.4 Å². The first-order valence-electron chi connectivity index (χ1n) is 7.64. The van der Waals surface area contributed by atoms with E-state index in [2.05, 4.69) is 0 Å². The van der Waals surface area contributed by atoms with Crippen molar-refractivity contribution < 1.29 is 22.0 Å². The molecule has 114 valence electrons. The summed E-state index contributed by atoms with van der Waals surface area (Å²) in [5.41, 5.74) is 1.33. The van der Waals surface area contributed by atoms with Crippen molar-refractivity contribution in [3.63, 3.8) is 0 Å². The van der Waals surface area contributed by atoms with E-state index in [0.29, 0.717) is 0 Å². The summed E-state index contributed by atoms with van der Waals surface area (Å²) in [5.74, 6) is -1.60. The van der Waals surface area contributed by atoms with Gasteiger partial charge in [-0.1, -0.05) is 48.0 Å². The molecule has 0 spiro atoms. The van der Waals surface area contributed by atoms with E-state index in [9.17, 15) is 9.59 Å². The number of carbonyl (C=O) groups is 2. The largest absolute Gasteiger partial charge is 0.332 e. The van der Waals surface area contributed by atoms with Crippen LogP contribution in [0.3, 0.4) is 0 Å². The molecule has 0 saturated carbocycles. The maximum absolute atomic E-state index is 12.4. The van der Waals surface area contributed by atoms with E-state index in [-0.39, 0.29) is 16.4 Å². The van der Waals surface area contributed by atoms with Crippen molar-refractivity contribution in [3.8, 4) is 0 Å². The third-order valence-electron chi connectivity index (χ3n) is 2.70. The van der Waals surface area contributed by atoms with E-state index >= 15 is 0 Å². The van der Waals surface area contributed by atoms with Gasteiger partial charge in [-0.3, -0.25) is 4.79 Å². The summed E-state index contributed by atoms with van der Waals surface area (Å²) in [5, 5.41) is 0.275. The van der Waals surface area contributed by atoms with Crippen LogP contribution in [0.5, 0.6) is 0 Å². The first kappa shape index (κ1) is 13.0. The van der Waals surface area contributed by atoms with Gasteiger partial charge in [-0.25, -0.2) is 9.63 Å². The van der Waals surface area contributed by atoms with E-state index in [0.717, 1.165) is 12.5 Å². The van der Waals surface area contributed by atoms with E-state index in [1.165, 1.54) is 24.3 Å². The van der Waals surface area contributed by atoms with Crippen molar-refractivity contribution in [1.29, 1.82) is 0 Å². The van der Waals surface area contributed by atoms with Crippen molar-refractivity contribution in [2.75, 3.05) is 0 Å². The lowest BCUT2D eigenvalue weighted by atomic mass is 10.2. The molecular formula is C17H17NO4. The topological polar surface area (TPSA) is 55.8 Å². The van der Waals surface area contributed by atoms with Gasteiger partial charge < -0.3 is 4.84 Å². The van der Waals surface area contributed by atoms with E-state index in [1.807, 2.05) is 6.92 Å². The lowest BCUT2D eigenvalue weighted by molar-refractivity contribution is -0.312. The van der Waals surface area contributed by atoms with Crippen molar-refractivity contribution in [2.24, 2.45) is 0 Å². The Kier molecular flexibility index (Phi) is 4.37. The monoisotopic (exact) mass is 301 g/mol. The first-order valence-corrected chi connectivity index (χ1v) is 6.64. The molecule has 0 fully saturated rings. The van der Waals surface area contributed by atoms with Crippen LogP contribution in [0.1, 0.15) is 31.2 Å². The van der Waals surface area contributed by atoms with E-state index in [4.69, 9.17) is 12.4 Å². The Bertz CT molecular complexity index is 717. The average molecular weight is 301 g/mol. The van der Waals surface area contributed by atoms with Gasteiger partial charge in [0.2, 0.25) is 0 Å². The van der Waals surface area contributed by atoms with Crippen LogP contribution in [-0.4, -0.2) is 17.1 Å². The normalized spacial score (nSPS) is 12.1. The summed E-state index contributed by atoms with van der Waals surface area (Å²) in [4.78, 5) is 33.4. The van der Waals surface area contributed by atoms with Crippen LogP contribution in [0.2, 0.25) is 0 Å². The number of nitrogens with zero attached hydrogens (tertiary/aromatic N) is 1. The molecule has 2 rings (SSSR count). The first-order chi connectivity index (χ1) is 11.3. The van der Waals surface area contributed by atoms with Gasteiger partial charge in [0.1, 0.15) is 6.56 Å². The lowest BCUT2D eigenvalue weighted by Crippen LogP contribution is -2.33. The molecule has 22 heavy (non-hydrogen) atoms. The standard InChI is InChI=1S/C17H17NO4/c1-13-8-10-15(11-9-13)12-21-18(22-14(2)19)17(20)16-6-4-3-5-7-16/h3-11H,12H2,1-2H3/i12D2. The average Bonchev–Trinajstić information content (AvgIpc) is 2.54. The molecule has 5 nitrogen and oxygen atoms in total. The van der Waals surface area contributed by atoms with Gasteiger partial charge in [-0.15, -0.1) is 0 Å².